The average molecular weight is 977 g/mol. The van der Waals surface area contributed by atoms with Crippen LogP contribution in [0.15, 0.2) is 146 Å². The number of benzene rings is 6. The molecule has 0 aromatic heterocycles. The maximum atomic E-state index is 11.6. The van der Waals surface area contributed by atoms with Gasteiger partial charge in [-0.2, -0.15) is 0 Å². The zero-order valence-electron chi connectivity index (χ0n) is 31.3. The van der Waals surface area contributed by atoms with Crippen molar-refractivity contribution in [3.63, 3.8) is 0 Å². The minimum atomic E-state index is -1.02. The van der Waals surface area contributed by atoms with Gasteiger partial charge in [-0.1, -0.05) is 202 Å². The number of hydrogen-bond donors (Lipinski definition) is 1. The Kier molecular flexibility index (Phi) is 34.4. The number of rotatable bonds is 6. The molecule has 1 N–H and O–H groups in total. The Morgan fingerprint density at radius 2 is 0.917 bits per heavy atom. The summed E-state index contributed by atoms with van der Waals surface area (Å²) in [5, 5.41) is 14.0. The van der Waals surface area contributed by atoms with Crippen LogP contribution in [0.1, 0.15) is 57.4 Å². The molecule has 0 heterocycles. The van der Waals surface area contributed by atoms with E-state index in [-0.39, 0.29) is 77.5 Å². The molecule has 0 aliphatic rings. The fourth-order valence-electron chi connectivity index (χ4n) is 4.95. The monoisotopic (exact) mass is 974 g/mol. The Balaban J connectivity index is -0.000000415. The van der Waals surface area contributed by atoms with Crippen molar-refractivity contribution in [1.82, 2.24) is 0 Å². The molecule has 0 saturated heterocycles. The summed E-state index contributed by atoms with van der Waals surface area (Å²) in [6.45, 7) is 6.39. The Bertz CT molecular complexity index is 2170. The van der Waals surface area contributed by atoms with Crippen LogP contribution in [-0.2, 0) is 22.2 Å². The number of hydrogen-bond acceptors (Lipinski definition) is 6. The van der Waals surface area contributed by atoms with Crippen LogP contribution in [-0.4, -0.2) is 34.5 Å². The van der Waals surface area contributed by atoms with Gasteiger partial charge >= 0.3 is 35.5 Å². The number of para-hydroxylation sites is 2. The van der Waals surface area contributed by atoms with Gasteiger partial charge in [-0.15, -0.1) is 12.4 Å². The smallest absolute Gasteiger partial charge is 0.480 e. The van der Waals surface area contributed by atoms with Crippen LogP contribution < -0.4 is 39.4 Å². The first-order valence-electron chi connectivity index (χ1n) is 16.4. The summed E-state index contributed by atoms with van der Waals surface area (Å²) >= 11 is 31.9. The van der Waals surface area contributed by atoms with E-state index < -0.39 is 15.0 Å². The van der Waals surface area contributed by atoms with Crippen LogP contribution in [0.3, 0.4) is 0 Å². The average Bonchev–Trinajstić information content (AvgIpc) is 3.12. The molecule has 0 atom stereocenters. The fraction of sp³-hybridized carbons (Fsp3) is 0.217. The van der Waals surface area contributed by atoms with E-state index in [0.29, 0.717) is 8.64 Å². The summed E-state index contributed by atoms with van der Waals surface area (Å²) in [6.07, 6.45) is 0. The van der Waals surface area contributed by atoms with E-state index in [4.69, 9.17) is 71.9 Å². The number of carboxylic acid groups (broad SMARTS) is 1. The zero-order chi connectivity index (χ0) is 39.8. The first kappa shape index (κ1) is 64.1. The number of fused-ring (bicyclic) bond motifs is 2. The second kappa shape index (κ2) is 32.2. The molecular formula is C46H55Cl4N2NaO3S4. The van der Waals surface area contributed by atoms with Gasteiger partial charge in [-0.3, -0.25) is 9.69 Å². The van der Waals surface area contributed by atoms with E-state index in [1.165, 1.54) is 31.0 Å². The van der Waals surface area contributed by atoms with E-state index in [9.17, 15) is 14.7 Å². The minimum Gasteiger partial charge on any atom is -0.480 e. The van der Waals surface area contributed by atoms with E-state index in [1.807, 2.05) is 119 Å². The normalized spacial score (nSPS) is 9.40. The third-order valence-corrected chi connectivity index (χ3v) is 9.11. The third kappa shape index (κ3) is 20.1. The molecule has 14 heteroatoms. The molecule has 0 saturated carbocycles. The number of aliphatic carboxylic acids is 1. The zero-order valence-corrected chi connectivity index (χ0v) is 39.6. The number of thiocarbonyl (C=S) groups is 2. The Morgan fingerprint density at radius 3 is 1.27 bits per heavy atom. The second-order valence-electron chi connectivity index (χ2n) is 11.9. The first-order chi connectivity index (χ1) is 25.6. The molecule has 6 aromatic rings. The Morgan fingerprint density at radius 1 is 0.617 bits per heavy atom. The second-order valence-corrected chi connectivity index (χ2v) is 17.2. The summed E-state index contributed by atoms with van der Waals surface area (Å²) in [6, 6.07) is 48.3. The molecule has 0 spiro atoms. The molecule has 60 heavy (non-hydrogen) atoms. The number of carboxylic acids is 1. The van der Waals surface area contributed by atoms with Crippen molar-refractivity contribution < 1.29 is 44.3 Å². The van der Waals surface area contributed by atoms with Gasteiger partial charge in [-0.25, -0.2) is 0 Å². The molecule has 0 unspecified atom stereocenters. The van der Waals surface area contributed by atoms with Gasteiger partial charge in [0, 0.05) is 22.1 Å². The van der Waals surface area contributed by atoms with Crippen LogP contribution in [0, 0.1) is 0 Å². The van der Waals surface area contributed by atoms with Gasteiger partial charge in [0.25, 0.3) is 0 Å². The van der Waals surface area contributed by atoms with Crippen molar-refractivity contribution in [2.24, 2.45) is 0 Å². The number of halogens is 4. The number of nitrogens with zero attached hydrogens (tertiary/aromatic N) is 2. The van der Waals surface area contributed by atoms with Gasteiger partial charge in [0.1, 0.15) is 14.9 Å². The topological polar surface area (TPSA) is 60.9 Å². The van der Waals surface area contributed by atoms with Gasteiger partial charge < -0.3 is 39.6 Å². The van der Waals surface area contributed by atoms with Crippen molar-refractivity contribution in [1.29, 1.82) is 0 Å². The van der Waals surface area contributed by atoms with E-state index in [0.717, 1.165) is 38.9 Å². The molecular weight excluding hydrogens is 922 g/mol. The maximum Gasteiger partial charge on any atom is 1.00 e. The Labute approximate surface area is 422 Å². The van der Waals surface area contributed by atoms with Gasteiger partial charge in [0.15, 0.2) is 4.30 Å². The Hall–Kier alpha value is -2.51. The molecule has 0 fully saturated rings. The molecule has 320 valence electrons. The predicted molar refractivity (Wildman–Crippen MR) is 279 cm³/mol. The molecule has 6 rings (SSSR count). The number of thioether (sulfide) groups is 1. The van der Waals surface area contributed by atoms with E-state index >= 15 is 0 Å². The minimum absolute atomic E-state index is 0. The molecule has 5 nitrogen and oxygen atoms in total. The predicted octanol–water partition coefficient (Wildman–Crippen LogP) is 13.2. The van der Waals surface area contributed by atoms with Crippen LogP contribution >= 0.6 is 83.4 Å². The van der Waals surface area contributed by atoms with Crippen LogP contribution in [0.4, 0.5) is 22.7 Å². The summed E-state index contributed by atoms with van der Waals surface area (Å²) in [5.41, 5.74) is 3.86. The molecule has 0 bridgehead atoms. The molecule has 0 amide bonds. The van der Waals surface area contributed by atoms with Crippen LogP contribution in [0.25, 0.3) is 21.5 Å². The van der Waals surface area contributed by atoms with Gasteiger partial charge in [0.2, 0.25) is 0 Å². The number of ketones is 1. The van der Waals surface area contributed by atoms with E-state index in [1.54, 1.807) is 13.8 Å². The number of anilines is 4. The summed E-state index contributed by atoms with van der Waals surface area (Å²) in [5.74, 6) is -0.726. The molecule has 6 aromatic carbocycles. The number of Topliss-reactive ketones (excluding diaryl/α,β-unsaturated/α-hetero) is 1. The van der Waals surface area contributed by atoms with Crippen LogP contribution in [0.5, 0.6) is 0 Å². The maximum absolute atomic E-state index is 11.6. The molecule has 0 aliphatic heterocycles. The SMILES string of the molecule is C.C.C.C.CC(C)(SC(=S)N(c1ccccc1)c1cccc2ccccc12)C(=O)O.CC(C)=O.Cl.ClC(Cl)Cl.S=C([S-])N(c1ccccc1)c1cccc2ccccc12.[Na+]. The van der Waals surface area contributed by atoms with Crippen molar-refractivity contribution in [2.75, 3.05) is 9.80 Å². The standard InChI is InChI=1S/C21H19NO2S2.C17H13NS2.C3H6O.CHCl3.4CH4.ClH.Na/c1-21(2,19(23)24)26-20(25)22(16-11-4-3-5-12-16)18-14-8-10-15-9-6-7-13-17(15)18;19-17(20)18(14-9-2-1-3-10-14)16-12-6-8-13-7-4-5-11-15(13)16;1-3(2)4;2-1(3)4;;;;;;/h3-14H,1-2H3,(H,23,24);1-12H,(H,19,20);1-2H3;1H;4*1H4;1H;/q;;;;;;;;;+1/p-1. The van der Waals surface area contributed by atoms with Crippen molar-refractivity contribution >= 4 is 161 Å². The third-order valence-electron chi connectivity index (χ3n) is 7.27. The van der Waals surface area contributed by atoms with Gasteiger partial charge in [0.05, 0.1) is 11.4 Å². The quantitative estimate of drug-likeness (QED) is 0.0761. The first-order valence-corrected chi connectivity index (χ1v) is 19.7. The molecule has 0 radical (unpaired) electrons. The number of carbonyl (C=O) groups is 2. The fourth-order valence-corrected chi connectivity index (χ4v) is 7.01. The molecule has 0 aliphatic carbocycles. The van der Waals surface area contributed by atoms with E-state index in [2.05, 4.69) is 36.4 Å². The van der Waals surface area contributed by atoms with Gasteiger partial charge in [-0.05, 0) is 74.9 Å². The summed E-state index contributed by atoms with van der Waals surface area (Å²) in [7, 11) is 0. The van der Waals surface area contributed by atoms with Crippen LogP contribution in [0.2, 0.25) is 0 Å². The van der Waals surface area contributed by atoms with Crippen molar-refractivity contribution in [3.05, 3.63) is 146 Å². The summed E-state index contributed by atoms with van der Waals surface area (Å²) < 4.78 is -0.846. The van der Waals surface area contributed by atoms with Crippen molar-refractivity contribution in [2.45, 2.75) is 66.4 Å². The summed E-state index contributed by atoms with van der Waals surface area (Å²) in [4.78, 5) is 24.9. The van der Waals surface area contributed by atoms with Crippen molar-refractivity contribution in [3.8, 4) is 0 Å². The number of alkyl halides is 3. The number of carbonyl (C=O) groups excluding carboxylic acids is 1. The largest absolute Gasteiger partial charge is 1.00 e.